The fourth-order valence-corrected chi connectivity index (χ4v) is 4.24. The number of aliphatic hydroxyl groups is 1. The number of aliphatic hydroxyl groups excluding tert-OH is 1. The summed E-state index contributed by atoms with van der Waals surface area (Å²) in [5.74, 6) is 0.784. The summed E-state index contributed by atoms with van der Waals surface area (Å²) in [7, 11) is -3.30. The first kappa shape index (κ1) is 21.7. The van der Waals surface area contributed by atoms with Gasteiger partial charge in [-0.05, 0) is 56.2 Å². The maximum absolute atomic E-state index is 12.4. The first-order valence-corrected chi connectivity index (χ1v) is 11.7. The van der Waals surface area contributed by atoms with Gasteiger partial charge >= 0.3 is 0 Å². The van der Waals surface area contributed by atoms with Gasteiger partial charge in [-0.1, -0.05) is 25.0 Å². The minimum absolute atomic E-state index is 0.232. The summed E-state index contributed by atoms with van der Waals surface area (Å²) in [6.45, 7) is 3.36. The lowest BCUT2D eigenvalue weighted by Gasteiger charge is -2.23. The molecular weight excluding hydrogens is 364 g/mol. The van der Waals surface area contributed by atoms with Gasteiger partial charge in [0.25, 0.3) is 0 Å². The molecule has 1 unspecified atom stereocenters. The standard InChI is InChI=1S/C20H32N2O4S/c1-3-22(20(24)15-16-7-4-5-8-16)14-6-9-19(23)17-10-12-18(13-11-17)21-27(2,25)26/h10-13,16,19,21,23H,3-9,14-15H2,1-2H3. The molecular formula is C20H32N2O4S. The molecule has 1 aromatic carbocycles. The van der Waals surface area contributed by atoms with Crippen molar-refractivity contribution in [1.82, 2.24) is 4.90 Å². The smallest absolute Gasteiger partial charge is 0.229 e. The highest BCUT2D eigenvalue weighted by Crippen LogP contribution is 2.28. The van der Waals surface area contributed by atoms with Crippen LogP contribution in [-0.4, -0.2) is 43.7 Å². The Kier molecular flexibility index (Phi) is 8.10. The Morgan fingerprint density at radius 3 is 2.44 bits per heavy atom. The summed E-state index contributed by atoms with van der Waals surface area (Å²) < 4.78 is 24.8. The van der Waals surface area contributed by atoms with Gasteiger partial charge in [0, 0.05) is 25.2 Å². The van der Waals surface area contributed by atoms with Gasteiger partial charge in [-0.3, -0.25) is 9.52 Å². The molecule has 0 spiro atoms. The number of rotatable bonds is 10. The van der Waals surface area contributed by atoms with E-state index in [0.717, 1.165) is 18.2 Å². The van der Waals surface area contributed by atoms with Crippen LogP contribution in [0.25, 0.3) is 0 Å². The number of anilines is 1. The van der Waals surface area contributed by atoms with Crippen LogP contribution in [0.2, 0.25) is 0 Å². The monoisotopic (exact) mass is 396 g/mol. The highest BCUT2D eigenvalue weighted by atomic mass is 32.2. The lowest BCUT2D eigenvalue weighted by Crippen LogP contribution is -2.33. The second kappa shape index (κ2) is 10.1. The molecule has 152 valence electrons. The van der Waals surface area contributed by atoms with Crippen LogP contribution in [0.4, 0.5) is 5.69 Å². The van der Waals surface area contributed by atoms with Crippen molar-refractivity contribution >= 4 is 21.6 Å². The van der Waals surface area contributed by atoms with Crippen molar-refractivity contribution in [1.29, 1.82) is 0 Å². The van der Waals surface area contributed by atoms with Crippen LogP contribution in [-0.2, 0) is 14.8 Å². The molecule has 2 N–H and O–H groups in total. The summed E-state index contributed by atoms with van der Waals surface area (Å²) in [4.78, 5) is 14.3. The zero-order valence-corrected chi connectivity index (χ0v) is 17.2. The summed E-state index contributed by atoms with van der Waals surface area (Å²) in [6.07, 6.45) is 7.26. The van der Waals surface area contributed by atoms with Gasteiger partial charge in [-0.2, -0.15) is 0 Å². The van der Waals surface area contributed by atoms with Crippen molar-refractivity contribution < 1.29 is 18.3 Å². The van der Waals surface area contributed by atoms with E-state index in [0.29, 0.717) is 37.5 Å². The SMILES string of the molecule is CCN(CCCC(O)c1ccc(NS(C)(=O)=O)cc1)C(=O)CC1CCCC1. The molecule has 27 heavy (non-hydrogen) atoms. The predicted octanol–water partition coefficient (Wildman–Crippen LogP) is 3.30. The summed E-state index contributed by atoms with van der Waals surface area (Å²) >= 11 is 0. The minimum atomic E-state index is -3.30. The Labute approximate surface area is 163 Å². The molecule has 0 heterocycles. The number of amides is 1. The molecule has 2 rings (SSSR count). The van der Waals surface area contributed by atoms with E-state index in [1.807, 2.05) is 11.8 Å². The van der Waals surface area contributed by atoms with Crippen LogP contribution < -0.4 is 4.72 Å². The van der Waals surface area contributed by atoms with Crippen LogP contribution in [0, 0.1) is 5.92 Å². The molecule has 1 saturated carbocycles. The zero-order chi connectivity index (χ0) is 19.9. The Bertz CT molecular complexity index is 697. The van der Waals surface area contributed by atoms with Gasteiger partial charge in [0.2, 0.25) is 15.9 Å². The van der Waals surface area contributed by atoms with Crippen LogP contribution in [0.3, 0.4) is 0 Å². The third kappa shape index (κ3) is 7.50. The van der Waals surface area contributed by atoms with Gasteiger partial charge in [0.1, 0.15) is 0 Å². The first-order valence-electron chi connectivity index (χ1n) is 9.82. The highest BCUT2D eigenvalue weighted by Gasteiger charge is 2.21. The lowest BCUT2D eigenvalue weighted by molar-refractivity contribution is -0.132. The van der Waals surface area contributed by atoms with E-state index < -0.39 is 16.1 Å². The molecule has 1 aliphatic rings. The van der Waals surface area contributed by atoms with E-state index in [9.17, 15) is 18.3 Å². The van der Waals surface area contributed by atoms with Crippen LogP contribution in [0.5, 0.6) is 0 Å². The number of hydrogen-bond donors (Lipinski definition) is 2. The number of carbonyl (C=O) groups is 1. The van der Waals surface area contributed by atoms with E-state index in [-0.39, 0.29) is 5.91 Å². The predicted molar refractivity (Wildman–Crippen MR) is 108 cm³/mol. The number of nitrogens with one attached hydrogen (secondary N) is 1. The Morgan fingerprint density at radius 2 is 1.89 bits per heavy atom. The first-order chi connectivity index (χ1) is 12.8. The molecule has 0 aromatic heterocycles. The highest BCUT2D eigenvalue weighted by molar-refractivity contribution is 7.92. The number of nitrogens with zero attached hydrogens (tertiary/aromatic N) is 1. The zero-order valence-electron chi connectivity index (χ0n) is 16.4. The van der Waals surface area contributed by atoms with Gasteiger partial charge in [-0.25, -0.2) is 8.42 Å². The number of benzene rings is 1. The molecule has 1 atom stereocenters. The Morgan fingerprint density at radius 1 is 1.26 bits per heavy atom. The molecule has 6 nitrogen and oxygen atoms in total. The topological polar surface area (TPSA) is 86.7 Å². The molecule has 0 radical (unpaired) electrons. The second-order valence-electron chi connectivity index (χ2n) is 7.48. The maximum Gasteiger partial charge on any atom is 0.229 e. The average Bonchev–Trinajstić information content (AvgIpc) is 3.10. The van der Waals surface area contributed by atoms with Crippen molar-refractivity contribution in [2.75, 3.05) is 24.1 Å². The van der Waals surface area contributed by atoms with Crippen molar-refractivity contribution in [2.24, 2.45) is 5.92 Å². The molecule has 1 amide bonds. The van der Waals surface area contributed by atoms with Crippen LogP contribution in [0.1, 0.15) is 63.5 Å². The van der Waals surface area contributed by atoms with Gasteiger partial charge in [0.15, 0.2) is 0 Å². The lowest BCUT2D eigenvalue weighted by atomic mass is 10.0. The molecule has 1 aliphatic carbocycles. The normalized spacial score (nSPS) is 16.3. The molecule has 0 saturated heterocycles. The Hall–Kier alpha value is -1.60. The fourth-order valence-electron chi connectivity index (χ4n) is 3.68. The fraction of sp³-hybridized carbons (Fsp3) is 0.650. The summed E-state index contributed by atoms with van der Waals surface area (Å²) in [5, 5.41) is 10.4. The number of hydrogen-bond acceptors (Lipinski definition) is 4. The summed E-state index contributed by atoms with van der Waals surface area (Å²) in [5.41, 5.74) is 1.22. The maximum atomic E-state index is 12.4. The largest absolute Gasteiger partial charge is 0.388 e. The third-order valence-electron chi connectivity index (χ3n) is 5.18. The van der Waals surface area contributed by atoms with Gasteiger partial charge < -0.3 is 10.0 Å². The molecule has 0 bridgehead atoms. The van der Waals surface area contributed by atoms with Crippen molar-refractivity contribution in [3.63, 3.8) is 0 Å². The van der Waals surface area contributed by atoms with Crippen molar-refractivity contribution in [3.05, 3.63) is 29.8 Å². The molecule has 7 heteroatoms. The van der Waals surface area contributed by atoms with Crippen LogP contribution >= 0.6 is 0 Å². The molecule has 1 fully saturated rings. The van der Waals surface area contributed by atoms with Crippen molar-refractivity contribution in [2.45, 2.75) is 58.0 Å². The van der Waals surface area contributed by atoms with E-state index in [4.69, 9.17) is 0 Å². The van der Waals surface area contributed by atoms with E-state index in [1.54, 1.807) is 24.3 Å². The average molecular weight is 397 g/mol. The third-order valence-corrected chi connectivity index (χ3v) is 5.78. The minimum Gasteiger partial charge on any atom is -0.388 e. The van der Waals surface area contributed by atoms with Gasteiger partial charge in [0.05, 0.1) is 12.4 Å². The Balaban J connectivity index is 1.78. The number of carbonyl (C=O) groups excluding carboxylic acids is 1. The molecule has 0 aliphatic heterocycles. The van der Waals surface area contributed by atoms with Gasteiger partial charge in [-0.15, -0.1) is 0 Å². The van der Waals surface area contributed by atoms with E-state index >= 15 is 0 Å². The second-order valence-corrected chi connectivity index (χ2v) is 9.23. The van der Waals surface area contributed by atoms with E-state index in [1.165, 1.54) is 25.7 Å². The quantitative estimate of drug-likeness (QED) is 0.635. The van der Waals surface area contributed by atoms with Crippen LogP contribution in [0.15, 0.2) is 24.3 Å². The van der Waals surface area contributed by atoms with Crippen molar-refractivity contribution in [3.8, 4) is 0 Å². The van der Waals surface area contributed by atoms with E-state index in [2.05, 4.69) is 4.72 Å². The summed E-state index contributed by atoms with van der Waals surface area (Å²) in [6, 6.07) is 6.73. The molecule has 1 aromatic rings. The number of sulfonamides is 1.